The van der Waals surface area contributed by atoms with Gasteiger partial charge >= 0.3 is 0 Å². The van der Waals surface area contributed by atoms with Crippen molar-refractivity contribution in [1.29, 1.82) is 0 Å². The first-order chi connectivity index (χ1) is 9.37. The molecule has 0 amide bonds. The van der Waals surface area contributed by atoms with E-state index in [1.165, 1.54) is 19.3 Å². The topological polar surface area (TPSA) is 38.7 Å². The Bertz CT molecular complexity index is 261. The second-order valence-electron chi connectivity index (χ2n) is 7.06. The van der Waals surface area contributed by atoms with E-state index in [0.29, 0.717) is 12.0 Å². The fraction of sp³-hybridized carbons (Fsp3) is 1.00. The van der Waals surface area contributed by atoms with Gasteiger partial charge in [0.1, 0.15) is 0 Å². The first kappa shape index (κ1) is 17.9. The highest BCUT2D eigenvalue weighted by molar-refractivity contribution is 4.77. The van der Waals surface area contributed by atoms with Crippen LogP contribution in [0.15, 0.2) is 0 Å². The highest BCUT2D eigenvalue weighted by Crippen LogP contribution is 2.35. The van der Waals surface area contributed by atoms with Crippen LogP contribution in [0.2, 0.25) is 0 Å². The van der Waals surface area contributed by atoms with Crippen molar-refractivity contribution in [2.75, 3.05) is 0 Å². The van der Waals surface area contributed by atoms with Crippen LogP contribution in [0.25, 0.3) is 0 Å². The number of aliphatic hydroxyl groups is 1. The summed E-state index contributed by atoms with van der Waals surface area (Å²) in [5, 5.41) is 10.4. The van der Waals surface area contributed by atoms with E-state index in [9.17, 15) is 5.11 Å². The van der Waals surface area contributed by atoms with Crippen molar-refractivity contribution in [2.45, 2.75) is 98.2 Å². The van der Waals surface area contributed by atoms with E-state index in [2.05, 4.69) is 27.7 Å². The highest BCUT2D eigenvalue weighted by atomic mass is 16.7. The average molecular weight is 286 g/mol. The van der Waals surface area contributed by atoms with Crippen LogP contribution in [-0.2, 0) is 9.47 Å². The van der Waals surface area contributed by atoms with Crippen LogP contribution in [0.5, 0.6) is 0 Å². The van der Waals surface area contributed by atoms with Gasteiger partial charge in [0.15, 0.2) is 12.6 Å². The smallest absolute Gasteiger partial charge is 0.163 e. The van der Waals surface area contributed by atoms with Gasteiger partial charge in [-0.15, -0.1) is 0 Å². The lowest BCUT2D eigenvalue weighted by Crippen LogP contribution is -2.39. The Labute approximate surface area is 125 Å². The average Bonchev–Trinajstić information content (AvgIpc) is 2.38. The number of hydrogen-bond donors (Lipinski definition) is 1. The molecule has 0 bridgehead atoms. The number of hydrogen-bond acceptors (Lipinski definition) is 3. The van der Waals surface area contributed by atoms with Gasteiger partial charge in [-0.25, -0.2) is 0 Å². The molecule has 120 valence electrons. The van der Waals surface area contributed by atoms with Gasteiger partial charge < -0.3 is 14.6 Å². The van der Waals surface area contributed by atoms with Crippen molar-refractivity contribution in [3.63, 3.8) is 0 Å². The highest BCUT2D eigenvalue weighted by Gasteiger charge is 2.34. The van der Waals surface area contributed by atoms with Crippen LogP contribution in [0.1, 0.15) is 79.6 Å². The van der Waals surface area contributed by atoms with Gasteiger partial charge in [0.2, 0.25) is 0 Å². The normalized spacial score (nSPS) is 23.6. The predicted octanol–water partition coefficient (Wildman–Crippen LogP) is 4.48. The largest absolute Gasteiger partial charge is 0.367 e. The maximum Gasteiger partial charge on any atom is 0.163 e. The summed E-state index contributed by atoms with van der Waals surface area (Å²) < 4.78 is 11.7. The summed E-state index contributed by atoms with van der Waals surface area (Å²) in [5.74, 6) is 0.549. The van der Waals surface area contributed by atoms with Crippen molar-refractivity contribution in [3.05, 3.63) is 0 Å². The van der Waals surface area contributed by atoms with E-state index < -0.39 is 6.29 Å². The number of ether oxygens (including phenoxy) is 2. The fourth-order valence-corrected chi connectivity index (χ4v) is 3.20. The molecule has 0 saturated heterocycles. The molecule has 3 atom stereocenters. The minimum Gasteiger partial charge on any atom is -0.367 e. The Hall–Kier alpha value is -0.120. The summed E-state index contributed by atoms with van der Waals surface area (Å²) in [6.45, 7) is 10.5. The lowest BCUT2D eigenvalue weighted by atomic mass is 9.79. The molecule has 0 heterocycles. The maximum atomic E-state index is 10.4. The van der Waals surface area contributed by atoms with E-state index in [1.807, 2.05) is 6.92 Å². The molecule has 3 heteroatoms. The minimum absolute atomic E-state index is 0.196. The Morgan fingerprint density at radius 3 is 2.25 bits per heavy atom. The third kappa shape index (κ3) is 5.71. The lowest BCUT2D eigenvalue weighted by Gasteiger charge is -2.37. The molecular weight excluding hydrogens is 252 g/mol. The predicted molar refractivity (Wildman–Crippen MR) is 82.4 cm³/mol. The van der Waals surface area contributed by atoms with Gasteiger partial charge in [0, 0.05) is 5.41 Å². The number of rotatable bonds is 8. The molecule has 20 heavy (non-hydrogen) atoms. The molecule has 3 unspecified atom stereocenters. The molecule has 0 aromatic carbocycles. The van der Waals surface area contributed by atoms with Crippen LogP contribution in [0, 0.1) is 11.3 Å². The Balaban J connectivity index is 2.43. The zero-order valence-electron chi connectivity index (χ0n) is 14.0. The Morgan fingerprint density at radius 2 is 1.75 bits per heavy atom. The van der Waals surface area contributed by atoms with Crippen molar-refractivity contribution in [3.8, 4) is 0 Å². The molecule has 1 aliphatic carbocycles. The molecule has 3 nitrogen and oxygen atoms in total. The summed E-state index contributed by atoms with van der Waals surface area (Å²) in [5.41, 5.74) is -0.196. The molecule has 1 saturated carbocycles. The van der Waals surface area contributed by atoms with E-state index in [4.69, 9.17) is 9.47 Å². The van der Waals surface area contributed by atoms with Crippen molar-refractivity contribution >= 4 is 0 Å². The zero-order chi connectivity index (χ0) is 15.2. The van der Waals surface area contributed by atoms with Crippen molar-refractivity contribution < 1.29 is 14.6 Å². The summed E-state index contributed by atoms with van der Waals surface area (Å²) in [7, 11) is 0. The quantitative estimate of drug-likeness (QED) is 0.669. The summed E-state index contributed by atoms with van der Waals surface area (Å²) in [6.07, 6.45) is 7.16. The van der Waals surface area contributed by atoms with Crippen LogP contribution in [0.3, 0.4) is 0 Å². The van der Waals surface area contributed by atoms with Crippen LogP contribution >= 0.6 is 0 Å². The number of aliphatic hydroxyl groups excluding tert-OH is 1. The molecule has 1 aliphatic rings. The molecule has 1 fully saturated rings. The molecule has 0 spiro atoms. The molecular formula is C17H34O3. The monoisotopic (exact) mass is 286 g/mol. The van der Waals surface area contributed by atoms with E-state index in [-0.39, 0.29) is 11.7 Å². The standard InChI is InChI=1S/C17H34O3/c1-6-17(5,12-13(2)3)16(18)20-14(4)19-15-10-8-7-9-11-15/h13-16,18H,6-12H2,1-5H3. The lowest BCUT2D eigenvalue weighted by molar-refractivity contribution is -0.273. The van der Waals surface area contributed by atoms with Crippen LogP contribution in [-0.4, -0.2) is 23.8 Å². The van der Waals surface area contributed by atoms with Crippen LogP contribution < -0.4 is 0 Å². The van der Waals surface area contributed by atoms with E-state index >= 15 is 0 Å². The van der Waals surface area contributed by atoms with Gasteiger partial charge in [-0.2, -0.15) is 0 Å². The fourth-order valence-electron chi connectivity index (χ4n) is 3.20. The van der Waals surface area contributed by atoms with Gasteiger partial charge in [-0.3, -0.25) is 0 Å². The second-order valence-corrected chi connectivity index (χ2v) is 7.06. The molecule has 0 aliphatic heterocycles. The molecule has 1 rings (SSSR count). The first-order valence-corrected chi connectivity index (χ1v) is 8.36. The summed E-state index contributed by atoms with van der Waals surface area (Å²) in [6, 6.07) is 0. The van der Waals surface area contributed by atoms with Crippen LogP contribution in [0.4, 0.5) is 0 Å². The zero-order valence-corrected chi connectivity index (χ0v) is 14.0. The Morgan fingerprint density at radius 1 is 1.15 bits per heavy atom. The maximum absolute atomic E-state index is 10.4. The summed E-state index contributed by atoms with van der Waals surface area (Å²) >= 11 is 0. The van der Waals surface area contributed by atoms with Gasteiger partial charge in [0.25, 0.3) is 0 Å². The van der Waals surface area contributed by atoms with Crippen molar-refractivity contribution in [2.24, 2.45) is 11.3 Å². The van der Waals surface area contributed by atoms with Gasteiger partial charge in [0.05, 0.1) is 6.10 Å². The molecule has 1 N–H and O–H groups in total. The molecule has 0 aromatic heterocycles. The molecule has 0 aromatic rings. The third-order valence-electron chi connectivity index (χ3n) is 4.54. The van der Waals surface area contributed by atoms with Gasteiger partial charge in [-0.1, -0.05) is 47.0 Å². The molecule has 0 radical (unpaired) electrons. The first-order valence-electron chi connectivity index (χ1n) is 8.36. The SMILES string of the molecule is CCC(C)(CC(C)C)C(O)OC(C)OC1CCCCC1. The second kappa shape index (κ2) is 8.35. The third-order valence-corrected chi connectivity index (χ3v) is 4.54. The minimum atomic E-state index is -0.756. The summed E-state index contributed by atoms with van der Waals surface area (Å²) in [4.78, 5) is 0. The van der Waals surface area contributed by atoms with E-state index in [1.54, 1.807) is 0 Å². The van der Waals surface area contributed by atoms with Gasteiger partial charge in [-0.05, 0) is 38.5 Å². The Kier molecular flexibility index (Phi) is 7.49. The van der Waals surface area contributed by atoms with Crippen molar-refractivity contribution in [1.82, 2.24) is 0 Å². The van der Waals surface area contributed by atoms with E-state index in [0.717, 1.165) is 25.7 Å².